The van der Waals surface area contributed by atoms with E-state index in [0.717, 1.165) is 31.4 Å². The molecule has 2 amide bonds. The lowest BCUT2D eigenvalue weighted by Gasteiger charge is -2.19. The first-order valence-electron chi connectivity index (χ1n) is 10.1. The zero-order valence-corrected chi connectivity index (χ0v) is 17.5. The summed E-state index contributed by atoms with van der Waals surface area (Å²) in [5.74, 6) is -0.246. The number of nitrogens with zero attached hydrogens (tertiary/aromatic N) is 1. The predicted octanol–water partition coefficient (Wildman–Crippen LogP) is 3.52. The minimum Gasteiger partial charge on any atom is -0.376 e. The first kappa shape index (κ1) is 20.0. The Labute approximate surface area is 175 Å². The number of thioether (sulfide) groups is 1. The molecule has 1 saturated heterocycles. The van der Waals surface area contributed by atoms with Crippen molar-refractivity contribution in [1.29, 1.82) is 0 Å². The largest absolute Gasteiger partial charge is 0.376 e. The zero-order chi connectivity index (χ0) is 20.2. The molecule has 2 heterocycles. The number of carbonyl (C=O) groups excluding carboxylic acids is 2. The van der Waals surface area contributed by atoms with Crippen LogP contribution in [-0.4, -0.2) is 48.8 Å². The molecular formula is C23H26N2O3S. The quantitative estimate of drug-likeness (QED) is 0.710. The summed E-state index contributed by atoms with van der Waals surface area (Å²) in [6, 6.07) is 13.9. The molecule has 0 saturated carbocycles. The Balaban J connectivity index is 1.38. The Kier molecular flexibility index (Phi) is 6.21. The average molecular weight is 411 g/mol. The second kappa shape index (κ2) is 9.01. The number of ether oxygens (including phenoxy) is 1. The molecule has 2 aliphatic heterocycles. The number of amides is 2. The van der Waals surface area contributed by atoms with E-state index < -0.39 is 0 Å². The first-order chi connectivity index (χ1) is 14.2. The minimum absolute atomic E-state index is 0.0612. The van der Waals surface area contributed by atoms with Crippen LogP contribution in [0.1, 0.15) is 44.7 Å². The van der Waals surface area contributed by atoms with Crippen LogP contribution >= 0.6 is 11.8 Å². The maximum atomic E-state index is 13.0. The maximum Gasteiger partial charge on any atom is 0.255 e. The summed E-state index contributed by atoms with van der Waals surface area (Å²) in [5.41, 5.74) is 3.13. The van der Waals surface area contributed by atoms with E-state index >= 15 is 0 Å². The van der Waals surface area contributed by atoms with Gasteiger partial charge in [-0.2, -0.15) is 0 Å². The van der Waals surface area contributed by atoms with Crippen molar-refractivity contribution in [2.75, 3.05) is 26.0 Å². The second-order valence-electron chi connectivity index (χ2n) is 7.51. The highest BCUT2D eigenvalue weighted by Crippen LogP contribution is 2.27. The number of carbonyl (C=O) groups is 2. The molecule has 0 aromatic heterocycles. The molecular weight excluding hydrogens is 384 g/mol. The fourth-order valence-corrected chi connectivity index (χ4v) is 4.41. The van der Waals surface area contributed by atoms with E-state index in [1.54, 1.807) is 17.8 Å². The number of hydrogen-bond donors (Lipinski definition) is 1. The monoisotopic (exact) mass is 410 g/mol. The zero-order valence-electron chi connectivity index (χ0n) is 16.6. The molecule has 2 aromatic rings. The van der Waals surface area contributed by atoms with Crippen molar-refractivity contribution in [3.8, 4) is 0 Å². The van der Waals surface area contributed by atoms with Gasteiger partial charge in [0.1, 0.15) is 0 Å². The van der Waals surface area contributed by atoms with E-state index in [9.17, 15) is 9.59 Å². The smallest absolute Gasteiger partial charge is 0.255 e. The van der Waals surface area contributed by atoms with E-state index in [4.69, 9.17) is 4.74 Å². The molecule has 1 N–H and O–H groups in total. The van der Waals surface area contributed by atoms with Gasteiger partial charge >= 0.3 is 0 Å². The van der Waals surface area contributed by atoms with Crippen LogP contribution < -0.4 is 5.32 Å². The Hall–Kier alpha value is -2.31. The Morgan fingerprint density at radius 3 is 2.79 bits per heavy atom. The van der Waals surface area contributed by atoms with Crippen LogP contribution in [0, 0.1) is 0 Å². The normalized spacial score (nSPS) is 18.2. The summed E-state index contributed by atoms with van der Waals surface area (Å²) in [6.45, 7) is 2.46. The van der Waals surface area contributed by atoms with Crippen molar-refractivity contribution in [2.45, 2.75) is 36.8 Å². The third kappa shape index (κ3) is 4.49. The van der Waals surface area contributed by atoms with Gasteiger partial charge in [0.2, 0.25) is 0 Å². The van der Waals surface area contributed by atoms with Crippen LogP contribution in [-0.2, 0) is 17.7 Å². The molecule has 29 heavy (non-hydrogen) atoms. The summed E-state index contributed by atoms with van der Waals surface area (Å²) < 4.78 is 5.67. The highest BCUT2D eigenvalue weighted by atomic mass is 32.2. The molecule has 1 fully saturated rings. The van der Waals surface area contributed by atoms with Gasteiger partial charge in [-0.1, -0.05) is 24.3 Å². The van der Waals surface area contributed by atoms with Gasteiger partial charge in [-0.05, 0) is 54.8 Å². The van der Waals surface area contributed by atoms with Crippen LogP contribution in [0.15, 0.2) is 47.4 Å². The second-order valence-corrected chi connectivity index (χ2v) is 8.39. The summed E-state index contributed by atoms with van der Waals surface area (Å²) in [7, 11) is 0. The third-order valence-corrected chi connectivity index (χ3v) is 6.31. The van der Waals surface area contributed by atoms with Gasteiger partial charge in [0.15, 0.2) is 0 Å². The Morgan fingerprint density at radius 1 is 1.24 bits per heavy atom. The van der Waals surface area contributed by atoms with Crippen LogP contribution in [0.3, 0.4) is 0 Å². The van der Waals surface area contributed by atoms with Crippen molar-refractivity contribution in [2.24, 2.45) is 0 Å². The van der Waals surface area contributed by atoms with Crippen molar-refractivity contribution in [3.63, 3.8) is 0 Å². The number of benzene rings is 2. The average Bonchev–Trinajstić information content (AvgIpc) is 3.37. The number of rotatable bonds is 7. The van der Waals surface area contributed by atoms with Crippen LogP contribution in [0.5, 0.6) is 0 Å². The molecule has 0 radical (unpaired) electrons. The molecule has 6 heteroatoms. The molecule has 5 nitrogen and oxygen atoms in total. The molecule has 152 valence electrons. The molecule has 0 bridgehead atoms. The molecule has 1 atom stereocenters. The van der Waals surface area contributed by atoms with Gasteiger partial charge in [-0.3, -0.25) is 9.59 Å². The molecule has 2 aromatic carbocycles. The van der Waals surface area contributed by atoms with Crippen molar-refractivity contribution in [3.05, 3.63) is 64.7 Å². The van der Waals surface area contributed by atoms with E-state index in [1.165, 1.54) is 10.5 Å². The maximum absolute atomic E-state index is 13.0. The van der Waals surface area contributed by atoms with Gasteiger partial charge in [0.05, 0.1) is 17.2 Å². The highest BCUT2D eigenvalue weighted by molar-refractivity contribution is 7.98. The SMILES string of the molecule is CSc1ccc(CCNC(=O)c2cccc3c2C(=O)N(C[C@@H]2CCCO2)C3)cc1. The van der Waals surface area contributed by atoms with Crippen LogP contribution in [0.4, 0.5) is 0 Å². The van der Waals surface area contributed by atoms with Crippen LogP contribution in [0.2, 0.25) is 0 Å². The number of nitrogens with one attached hydrogen (secondary N) is 1. The molecule has 0 spiro atoms. The molecule has 0 unspecified atom stereocenters. The number of fused-ring (bicyclic) bond motifs is 1. The predicted molar refractivity (Wildman–Crippen MR) is 114 cm³/mol. The first-order valence-corrected chi connectivity index (χ1v) is 11.3. The summed E-state index contributed by atoms with van der Waals surface area (Å²) in [6.07, 6.45) is 4.97. The van der Waals surface area contributed by atoms with Gasteiger partial charge in [-0.25, -0.2) is 0 Å². The van der Waals surface area contributed by atoms with Crippen LogP contribution in [0.25, 0.3) is 0 Å². The fourth-order valence-electron chi connectivity index (χ4n) is 4.00. The van der Waals surface area contributed by atoms with Gasteiger partial charge in [0.25, 0.3) is 11.8 Å². The summed E-state index contributed by atoms with van der Waals surface area (Å²) in [5, 5.41) is 2.97. The summed E-state index contributed by atoms with van der Waals surface area (Å²) >= 11 is 1.71. The molecule has 4 rings (SSSR count). The van der Waals surface area contributed by atoms with E-state index in [2.05, 4.69) is 35.8 Å². The third-order valence-electron chi connectivity index (χ3n) is 5.56. The summed E-state index contributed by atoms with van der Waals surface area (Å²) in [4.78, 5) is 28.8. The van der Waals surface area contributed by atoms with E-state index in [-0.39, 0.29) is 17.9 Å². The van der Waals surface area contributed by atoms with Crippen molar-refractivity contribution >= 4 is 23.6 Å². The number of hydrogen-bond acceptors (Lipinski definition) is 4. The lowest BCUT2D eigenvalue weighted by Crippen LogP contribution is -2.33. The highest BCUT2D eigenvalue weighted by Gasteiger charge is 2.33. The standard InChI is InChI=1S/C23H26N2O3S/c1-29-19-9-7-16(8-10-19)11-12-24-22(26)20-6-2-4-17-14-25(23(27)21(17)20)15-18-5-3-13-28-18/h2,4,6-10,18H,3,5,11-15H2,1H3,(H,24,26)/t18-/m0/s1. The lowest BCUT2D eigenvalue weighted by atomic mass is 10.0. The van der Waals surface area contributed by atoms with E-state index in [0.29, 0.717) is 30.8 Å². The minimum atomic E-state index is -0.185. The van der Waals surface area contributed by atoms with Gasteiger partial charge in [0, 0.05) is 31.1 Å². The molecule has 0 aliphatic carbocycles. The van der Waals surface area contributed by atoms with Gasteiger partial charge in [-0.15, -0.1) is 11.8 Å². The van der Waals surface area contributed by atoms with Crippen molar-refractivity contribution in [1.82, 2.24) is 10.2 Å². The molecule has 2 aliphatic rings. The van der Waals surface area contributed by atoms with Crippen molar-refractivity contribution < 1.29 is 14.3 Å². The fraction of sp³-hybridized carbons (Fsp3) is 0.391. The van der Waals surface area contributed by atoms with Gasteiger partial charge < -0.3 is 15.0 Å². The Morgan fingerprint density at radius 2 is 2.07 bits per heavy atom. The lowest BCUT2D eigenvalue weighted by molar-refractivity contribution is 0.0544. The topological polar surface area (TPSA) is 58.6 Å². The van der Waals surface area contributed by atoms with E-state index in [1.807, 2.05) is 17.0 Å². The Bertz CT molecular complexity index is 891.